The summed E-state index contributed by atoms with van der Waals surface area (Å²) < 4.78 is 11.7. The van der Waals surface area contributed by atoms with E-state index in [1.54, 1.807) is 0 Å². The molecule has 0 aliphatic carbocycles. The van der Waals surface area contributed by atoms with E-state index in [4.69, 9.17) is 9.47 Å². The third-order valence-electron chi connectivity index (χ3n) is 4.95. The largest absolute Gasteiger partial charge is 0.494 e. The molecule has 0 bridgehead atoms. The number of nitrogens with one attached hydrogen (secondary N) is 2. The van der Waals surface area contributed by atoms with E-state index in [0.717, 1.165) is 62.0 Å². The molecule has 0 heterocycles. The van der Waals surface area contributed by atoms with Gasteiger partial charge in [0.2, 0.25) is 0 Å². The van der Waals surface area contributed by atoms with Crippen LogP contribution in [-0.4, -0.2) is 26.3 Å². The second-order valence-electron chi connectivity index (χ2n) is 8.20. The summed E-state index contributed by atoms with van der Waals surface area (Å²) in [6.45, 7) is 9.92. The van der Waals surface area contributed by atoms with E-state index in [0.29, 0.717) is 5.92 Å². The lowest BCUT2D eigenvalue weighted by Crippen LogP contribution is -2.13. The fraction of sp³-hybridized carbons (Fsp3) is 0.538. The van der Waals surface area contributed by atoms with Crippen molar-refractivity contribution >= 4 is 11.4 Å². The van der Waals surface area contributed by atoms with Crippen molar-refractivity contribution in [2.45, 2.75) is 59.3 Å². The first-order valence-corrected chi connectivity index (χ1v) is 11.6. The first-order valence-electron chi connectivity index (χ1n) is 11.6. The molecule has 30 heavy (non-hydrogen) atoms. The minimum absolute atomic E-state index is 0.668. The van der Waals surface area contributed by atoms with Crippen LogP contribution in [0.1, 0.15) is 59.3 Å². The van der Waals surface area contributed by atoms with Crippen LogP contribution in [0.5, 0.6) is 11.5 Å². The third kappa shape index (κ3) is 10.4. The van der Waals surface area contributed by atoms with Gasteiger partial charge in [0, 0.05) is 30.5 Å². The molecule has 0 saturated carbocycles. The van der Waals surface area contributed by atoms with Crippen molar-refractivity contribution < 1.29 is 9.47 Å². The monoisotopic (exact) mass is 412 g/mol. The van der Waals surface area contributed by atoms with E-state index >= 15 is 0 Å². The summed E-state index contributed by atoms with van der Waals surface area (Å²) in [7, 11) is 0. The Morgan fingerprint density at radius 2 is 1.43 bits per heavy atom. The van der Waals surface area contributed by atoms with Crippen molar-refractivity contribution in [3.05, 3.63) is 48.5 Å². The van der Waals surface area contributed by atoms with Gasteiger partial charge in [-0.1, -0.05) is 52.5 Å². The number of ether oxygens (including phenoxy) is 2. The van der Waals surface area contributed by atoms with Gasteiger partial charge in [-0.3, -0.25) is 0 Å². The van der Waals surface area contributed by atoms with Crippen LogP contribution in [0, 0.1) is 5.92 Å². The molecule has 4 nitrogen and oxygen atoms in total. The number of anilines is 2. The number of hydrogen-bond donors (Lipinski definition) is 2. The number of benzene rings is 2. The number of unbranched alkanes of at least 4 members (excludes halogenated alkanes) is 4. The zero-order chi connectivity index (χ0) is 21.4. The first kappa shape index (κ1) is 23.9. The highest BCUT2D eigenvalue weighted by Crippen LogP contribution is 2.18. The Labute approximate surface area is 183 Å². The molecule has 2 aromatic rings. The molecule has 0 aliphatic heterocycles. The molecule has 2 aromatic carbocycles. The fourth-order valence-electron chi connectivity index (χ4n) is 3.09. The van der Waals surface area contributed by atoms with Gasteiger partial charge < -0.3 is 20.1 Å². The molecule has 0 atom stereocenters. The summed E-state index contributed by atoms with van der Waals surface area (Å²) in [4.78, 5) is 0. The molecule has 0 fully saturated rings. The van der Waals surface area contributed by atoms with Gasteiger partial charge in [0.1, 0.15) is 11.5 Å². The lowest BCUT2D eigenvalue weighted by Gasteiger charge is -2.12. The van der Waals surface area contributed by atoms with Crippen molar-refractivity contribution in [1.82, 2.24) is 0 Å². The highest BCUT2D eigenvalue weighted by atomic mass is 16.5. The van der Waals surface area contributed by atoms with Crippen molar-refractivity contribution in [2.24, 2.45) is 5.92 Å². The molecule has 2 rings (SSSR count). The SMILES string of the molecule is CCCCCCCOc1cccc(NCCNc2ccc(OCCC(C)C)cc2)c1. The zero-order valence-corrected chi connectivity index (χ0v) is 19.1. The van der Waals surface area contributed by atoms with Crippen LogP contribution >= 0.6 is 0 Å². The van der Waals surface area contributed by atoms with Crippen LogP contribution in [0.15, 0.2) is 48.5 Å². The smallest absolute Gasteiger partial charge is 0.121 e. The van der Waals surface area contributed by atoms with Crippen molar-refractivity contribution in [3.8, 4) is 11.5 Å². The average molecular weight is 413 g/mol. The molecule has 0 aliphatic rings. The molecule has 0 unspecified atom stereocenters. The molecule has 0 saturated heterocycles. The molecular formula is C26H40N2O2. The van der Waals surface area contributed by atoms with Crippen molar-refractivity contribution in [1.29, 1.82) is 0 Å². The number of rotatable bonds is 16. The quantitative estimate of drug-likeness (QED) is 0.292. The van der Waals surface area contributed by atoms with E-state index in [9.17, 15) is 0 Å². The first-order chi connectivity index (χ1) is 14.7. The summed E-state index contributed by atoms with van der Waals surface area (Å²) in [5.74, 6) is 2.54. The molecular weight excluding hydrogens is 372 g/mol. The second-order valence-corrected chi connectivity index (χ2v) is 8.20. The van der Waals surface area contributed by atoms with Gasteiger partial charge >= 0.3 is 0 Å². The Bertz CT molecular complexity index is 686. The highest BCUT2D eigenvalue weighted by Gasteiger charge is 1.99. The standard InChI is InChI=1S/C26H40N2O2/c1-4-5-6-7-8-19-29-26-11-9-10-24(21-26)28-18-17-27-23-12-14-25(15-13-23)30-20-16-22(2)3/h9-15,21-22,27-28H,4-8,16-20H2,1-3H3. The Morgan fingerprint density at radius 1 is 0.733 bits per heavy atom. The summed E-state index contributed by atoms with van der Waals surface area (Å²) in [5.41, 5.74) is 2.20. The predicted molar refractivity (Wildman–Crippen MR) is 129 cm³/mol. The van der Waals surface area contributed by atoms with Crippen LogP contribution in [0.3, 0.4) is 0 Å². The van der Waals surface area contributed by atoms with Gasteiger partial charge in [0.15, 0.2) is 0 Å². The maximum Gasteiger partial charge on any atom is 0.121 e. The van der Waals surface area contributed by atoms with Crippen LogP contribution in [0.25, 0.3) is 0 Å². The molecule has 0 radical (unpaired) electrons. The van der Waals surface area contributed by atoms with Gasteiger partial charge in [-0.05, 0) is 55.2 Å². The Balaban J connectivity index is 1.62. The van der Waals surface area contributed by atoms with E-state index in [1.165, 1.54) is 25.7 Å². The van der Waals surface area contributed by atoms with Gasteiger partial charge in [0.25, 0.3) is 0 Å². The van der Waals surface area contributed by atoms with Crippen molar-refractivity contribution in [2.75, 3.05) is 36.9 Å². The van der Waals surface area contributed by atoms with E-state index in [-0.39, 0.29) is 0 Å². The topological polar surface area (TPSA) is 42.5 Å². The Morgan fingerprint density at radius 3 is 2.17 bits per heavy atom. The van der Waals surface area contributed by atoms with Crippen molar-refractivity contribution in [3.63, 3.8) is 0 Å². The zero-order valence-electron chi connectivity index (χ0n) is 19.1. The normalized spacial score (nSPS) is 10.8. The summed E-state index contributed by atoms with van der Waals surface area (Å²) >= 11 is 0. The predicted octanol–water partition coefficient (Wildman–Crippen LogP) is 6.98. The highest BCUT2D eigenvalue weighted by molar-refractivity contribution is 5.49. The van der Waals surface area contributed by atoms with Crippen LogP contribution in [0.2, 0.25) is 0 Å². The molecule has 0 amide bonds. The van der Waals surface area contributed by atoms with Crippen LogP contribution in [0.4, 0.5) is 11.4 Å². The van der Waals surface area contributed by atoms with Gasteiger partial charge in [0.05, 0.1) is 13.2 Å². The molecule has 0 spiro atoms. The maximum atomic E-state index is 5.89. The molecule has 2 N–H and O–H groups in total. The molecule has 166 valence electrons. The van der Waals surface area contributed by atoms with E-state index in [1.807, 2.05) is 24.3 Å². The van der Waals surface area contributed by atoms with Crippen LogP contribution < -0.4 is 20.1 Å². The molecule has 4 heteroatoms. The summed E-state index contributed by atoms with van der Waals surface area (Å²) in [5, 5.41) is 6.90. The second kappa shape index (κ2) is 14.6. The molecule has 0 aromatic heterocycles. The minimum Gasteiger partial charge on any atom is -0.494 e. The Hall–Kier alpha value is -2.36. The van der Waals surface area contributed by atoms with Gasteiger partial charge in [-0.2, -0.15) is 0 Å². The fourth-order valence-corrected chi connectivity index (χ4v) is 3.09. The Kier molecular flexibility index (Phi) is 11.6. The summed E-state index contributed by atoms with van der Waals surface area (Å²) in [6.07, 6.45) is 7.37. The average Bonchev–Trinajstić information content (AvgIpc) is 2.75. The van der Waals surface area contributed by atoms with Gasteiger partial charge in [-0.15, -0.1) is 0 Å². The third-order valence-corrected chi connectivity index (χ3v) is 4.95. The maximum absolute atomic E-state index is 5.89. The van der Waals surface area contributed by atoms with E-state index < -0.39 is 0 Å². The minimum atomic E-state index is 0.668. The van der Waals surface area contributed by atoms with Gasteiger partial charge in [-0.25, -0.2) is 0 Å². The number of hydrogen-bond acceptors (Lipinski definition) is 4. The van der Waals surface area contributed by atoms with Crippen LogP contribution in [-0.2, 0) is 0 Å². The lowest BCUT2D eigenvalue weighted by atomic mass is 10.1. The summed E-state index contributed by atoms with van der Waals surface area (Å²) in [6, 6.07) is 16.4. The lowest BCUT2D eigenvalue weighted by molar-refractivity contribution is 0.289. The van der Waals surface area contributed by atoms with E-state index in [2.05, 4.69) is 55.7 Å².